The molecule has 0 aromatic carbocycles. The molecule has 0 aliphatic heterocycles. The van der Waals surface area contributed by atoms with Crippen molar-refractivity contribution < 1.29 is 28.6 Å². The number of esters is 3. The Morgan fingerprint density at radius 2 is 0.648 bits per heavy atom. The van der Waals surface area contributed by atoms with Crippen molar-refractivity contribution in [3.05, 3.63) is 0 Å². The third-order valence-corrected chi connectivity index (χ3v) is 11.2. The first kappa shape index (κ1) is 52.4. The van der Waals surface area contributed by atoms with E-state index >= 15 is 0 Å². The van der Waals surface area contributed by atoms with Gasteiger partial charge in [0.25, 0.3) is 0 Å². The van der Waals surface area contributed by atoms with Gasteiger partial charge in [-0.25, -0.2) is 0 Å². The summed E-state index contributed by atoms with van der Waals surface area (Å²) in [6, 6.07) is 0. The van der Waals surface area contributed by atoms with Gasteiger partial charge in [-0.3, -0.25) is 14.4 Å². The minimum absolute atomic E-state index is 0.0640. The molecule has 0 heterocycles. The average molecular weight is 765 g/mol. The van der Waals surface area contributed by atoms with Crippen LogP contribution in [0.15, 0.2) is 0 Å². The molecule has 0 saturated carbocycles. The Kier molecular flexibility index (Phi) is 41.3. The van der Waals surface area contributed by atoms with Crippen molar-refractivity contribution in [1.82, 2.24) is 0 Å². The van der Waals surface area contributed by atoms with Gasteiger partial charge in [-0.15, -0.1) is 0 Å². The predicted molar refractivity (Wildman–Crippen MR) is 229 cm³/mol. The van der Waals surface area contributed by atoms with Gasteiger partial charge in [-0.2, -0.15) is 0 Å². The molecule has 0 saturated heterocycles. The molecule has 0 rings (SSSR count). The zero-order chi connectivity index (χ0) is 39.6. The van der Waals surface area contributed by atoms with Gasteiger partial charge in [0.15, 0.2) is 6.10 Å². The third kappa shape index (κ3) is 40.1. The summed E-state index contributed by atoms with van der Waals surface area (Å²) in [5.41, 5.74) is 0. The summed E-state index contributed by atoms with van der Waals surface area (Å²) in [7, 11) is 0. The largest absolute Gasteiger partial charge is 0.462 e. The van der Waals surface area contributed by atoms with Crippen LogP contribution in [-0.4, -0.2) is 37.2 Å². The van der Waals surface area contributed by atoms with Crippen LogP contribution in [0.2, 0.25) is 0 Å². The van der Waals surface area contributed by atoms with Crippen molar-refractivity contribution in [3.8, 4) is 0 Å². The summed E-state index contributed by atoms with van der Waals surface area (Å²) >= 11 is 0. The second kappa shape index (κ2) is 42.6. The van der Waals surface area contributed by atoms with Crippen LogP contribution in [0.4, 0.5) is 0 Å². The third-order valence-electron chi connectivity index (χ3n) is 11.2. The number of unbranched alkanes of at least 4 members (excludes halogenated alkanes) is 29. The number of ether oxygens (including phenoxy) is 3. The normalized spacial score (nSPS) is 12.4. The van der Waals surface area contributed by atoms with Crippen molar-refractivity contribution in [2.45, 2.75) is 271 Å². The van der Waals surface area contributed by atoms with Gasteiger partial charge in [0.1, 0.15) is 13.2 Å². The highest BCUT2D eigenvalue weighted by atomic mass is 16.6. The molecule has 6 heteroatoms. The van der Waals surface area contributed by atoms with E-state index < -0.39 is 6.10 Å². The number of hydrogen-bond acceptors (Lipinski definition) is 6. The van der Waals surface area contributed by atoms with E-state index in [9.17, 15) is 14.4 Å². The predicted octanol–water partition coefficient (Wildman–Crippen LogP) is 15.1. The van der Waals surface area contributed by atoms with Crippen molar-refractivity contribution >= 4 is 17.9 Å². The molecule has 0 radical (unpaired) electrons. The molecule has 1 unspecified atom stereocenters. The SMILES string of the molecule is CCCCCCCCCCCCCCCCC(=O)O[C@@H](COC(=O)CCCCCCCCCCCCCC)COC(=O)CCCCCCCCC(C)CC. The Labute approximate surface area is 336 Å². The highest BCUT2D eigenvalue weighted by molar-refractivity contribution is 5.71. The molecular formula is C48H92O6. The topological polar surface area (TPSA) is 78.9 Å². The van der Waals surface area contributed by atoms with Gasteiger partial charge in [0.05, 0.1) is 0 Å². The summed E-state index contributed by atoms with van der Waals surface area (Å²) in [6.07, 6.45) is 42.2. The molecular weight excluding hydrogens is 673 g/mol. The van der Waals surface area contributed by atoms with E-state index in [0.29, 0.717) is 19.3 Å². The van der Waals surface area contributed by atoms with Crippen LogP contribution >= 0.6 is 0 Å². The van der Waals surface area contributed by atoms with Crippen LogP contribution in [0.25, 0.3) is 0 Å². The Hall–Kier alpha value is -1.59. The lowest BCUT2D eigenvalue weighted by Crippen LogP contribution is -2.30. The first-order valence-electron chi connectivity index (χ1n) is 23.9. The molecule has 0 spiro atoms. The maximum absolute atomic E-state index is 12.7. The van der Waals surface area contributed by atoms with Gasteiger partial charge in [0, 0.05) is 19.3 Å². The Balaban J connectivity index is 4.33. The van der Waals surface area contributed by atoms with Crippen molar-refractivity contribution in [2.75, 3.05) is 13.2 Å². The Bertz CT molecular complexity index is 813. The molecule has 0 N–H and O–H groups in total. The van der Waals surface area contributed by atoms with Gasteiger partial charge in [0.2, 0.25) is 0 Å². The van der Waals surface area contributed by atoms with E-state index in [-0.39, 0.29) is 31.1 Å². The van der Waals surface area contributed by atoms with Crippen LogP contribution in [0.3, 0.4) is 0 Å². The van der Waals surface area contributed by atoms with E-state index in [4.69, 9.17) is 14.2 Å². The number of carbonyl (C=O) groups is 3. The van der Waals surface area contributed by atoms with Crippen molar-refractivity contribution in [2.24, 2.45) is 5.92 Å². The van der Waals surface area contributed by atoms with Gasteiger partial charge in [-0.1, -0.05) is 227 Å². The minimum atomic E-state index is -0.760. The summed E-state index contributed by atoms with van der Waals surface area (Å²) in [4.78, 5) is 37.8. The lowest BCUT2D eigenvalue weighted by molar-refractivity contribution is -0.167. The van der Waals surface area contributed by atoms with Gasteiger partial charge >= 0.3 is 17.9 Å². The second-order valence-corrected chi connectivity index (χ2v) is 16.6. The molecule has 0 aliphatic carbocycles. The Morgan fingerprint density at radius 1 is 0.370 bits per heavy atom. The lowest BCUT2D eigenvalue weighted by Gasteiger charge is -2.18. The summed E-state index contributed by atoms with van der Waals surface area (Å²) in [5, 5.41) is 0. The van der Waals surface area contributed by atoms with E-state index in [1.54, 1.807) is 0 Å². The zero-order valence-electron chi connectivity index (χ0n) is 36.7. The fourth-order valence-corrected chi connectivity index (χ4v) is 7.12. The number of hydrogen-bond donors (Lipinski definition) is 0. The van der Waals surface area contributed by atoms with Crippen LogP contribution in [0, 0.1) is 5.92 Å². The molecule has 0 bridgehead atoms. The van der Waals surface area contributed by atoms with E-state index in [1.165, 1.54) is 161 Å². The van der Waals surface area contributed by atoms with Gasteiger partial charge in [-0.05, 0) is 25.2 Å². The highest BCUT2D eigenvalue weighted by Gasteiger charge is 2.19. The fraction of sp³-hybridized carbons (Fsp3) is 0.938. The quantitative estimate of drug-likeness (QED) is 0.0349. The smallest absolute Gasteiger partial charge is 0.306 e. The summed E-state index contributed by atoms with van der Waals surface area (Å²) in [5.74, 6) is -0.0387. The molecule has 0 amide bonds. The number of carbonyl (C=O) groups excluding carboxylic acids is 3. The maximum atomic E-state index is 12.7. The molecule has 54 heavy (non-hydrogen) atoms. The summed E-state index contributed by atoms with van der Waals surface area (Å²) < 4.78 is 16.7. The van der Waals surface area contributed by atoms with Crippen LogP contribution in [0.5, 0.6) is 0 Å². The monoisotopic (exact) mass is 765 g/mol. The molecule has 0 aromatic rings. The zero-order valence-corrected chi connectivity index (χ0v) is 36.7. The van der Waals surface area contributed by atoms with Crippen molar-refractivity contribution in [1.29, 1.82) is 0 Å². The van der Waals surface area contributed by atoms with E-state index in [1.807, 2.05) is 0 Å². The Morgan fingerprint density at radius 3 is 0.963 bits per heavy atom. The summed E-state index contributed by atoms with van der Waals surface area (Å²) in [6.45, 7) is 8.98. The first-order chi connectivity index (χ1) is 26.4. The maximum Gasteiger partial charge on any atom is 0.306 e. The number of rotatable bonds is 43. The van der Waals surface area contributed by atoms with Crippen molar-refractivity contribution in [3.63, 3.8) is 0 Å². The minimum Gasteiger partial charge on any atom is -0.462 e. The van der Waals surface area contributed by atoms with E-state index in [2.05, 4.69) is 27.7 Å². The van der Waals surface area contributed by atoms with Gasteiger partial charge < -0.3 is 14.2 Å². The molecule has 2 atom stereocenters. The van der Waals surface area contributed by atoms with Crippen LogP contribution in [-0.2, 0) is 28.6 Å². The molecule has 0 aromatic heterocycles. The molecule has 0 fully saturated rings. The van der Waals surface area contributed by atoms with E-state index in [0.717, 1.165) is 63.7 Å². The van der Waals surface area contributed by atoms with Crippen LogP contribution in [0.1, 0.15) is 265 Å². The highest BCUT2D eigenvalue weighted by Crippen LogP contribution is 2.17. The molecule has 0 aliphatic rings. The lowest BCUT2D eigenvalue weighted by atomic mass is 10.00. The first-order valence-corrected chi connectivity index (χ1v) is 23.9. The molecule has 6 nitrogen and oxygen atoms in total. The van der Waals surface area contributed by atoms with Crippen LogP contribution < -0.4 is 0 Å². The average Bonchev–Trinajstić information content (AvgIpc) is 3.17. The molecule has 320 valence electrons. The standard InChI is InChI=1S/C48H92O6/c1-5-8-10-12-14-16-18-20-21-23-25-27-33-37-41-48(51)54-45(43-53-47(50)40-36-32-29-28-30-34-38-44(4)7-3)42-52-46(49)39-35-31-26-24-22-19-17-15-13-11-9-6-2/h44-45H,5-43H2,1-4H3/t44?,45-/m0/s1. The fourth-order valence-electron chi connectivity index (χ4n) is 7.12. The second-order valence-electron chi connectivity index (χ2n) is 16.6.